The normalized spacial score (nSPS) is 19.4. The number of benzene rings is 5. The predicted octanol–water partition coefficient (Wildman–Crippen LogP) is 12.9. The van der Waals surface area contributed by atoms with Crippen LogP contribution in [0, 0.1) is 17.8 Å². The van der Waals surface area contributed by atoms with Crippen molar-refractivity contribution in [3.05, 3.63) is 160 Å². The molecule has 6 aromatic rings. The summed E-state index contributed by atoms with van der Waals surface area (Å²) in [5.74, 6) is -0.500. The number of aliphatic hydroxyl groups excluding tert-OH is 1. The number of aliphatic hydroxyl groups is 1. The molecule has 6 N–H and O–H groups in total. The van der Waals surface area contributed by atoms with Crippen molar-refractivity contribution in [3.63, 3.8) is 0 Å². The van der Waals surface area contributed by atoms with Crippen LogP contribution >= 0.6 is 46.6 Å². The maximum Gasteiger partial charge on any atom is 0.501 e. The highest BCUT2D eigenvalue weighted by Gasteiger charge is 2.49. The van der Waals surface area contributed by atoms with Gasteiger partial charge in [0.25, 0.3) is 15.7 Å². The lowest BCUT2D eigenvalue weighted by molar-refractivity contribution is -0.142. The van der Waals surface area contributed by atoms with E-state index in [0.717, 1.165) is 147 Å². The van der Waals surface area contributed by atoms with E-state index in [1.54, 1.807) is 23.5 Å². The van der Waals surface area contributed by atoms with Gasteiger partial charge in [-0.25, -0.2) is 13.4 Å². The molecule has 4 aliphatic rings. The molecular formula is C76H96ClF3N10O8S4. The number of piperazine rings is 1. The topological polar surface area (TPSA) is 218 Å². The molecule has 3 fully saturated rings. The van der Waals surface area contributed by atoms with Crippen LogP contribution in [0.3, 0.4) is 0 Å². The van der Waals surface area contributed by atoms with Crippen molar-refractivity contribution in [2.75, 3.05) is 101 Å². The summed E-state index contributed by atoms with van der Waals surface area (Å²) in [4.78, 5) is 69.0. The average molecular weight is 1500 g/mol. The molecule has 10 rings (SSSR count). The van der Waals surface area contributed by atoms with Gasteiger partial charge in [0.05, 0.1) is 47.1 Å². The summed E-state index contributed by atoms with van der Waals surface area (Å²) in [5, 5.41) is 24.3. The molecule has 0 spiro atoms. The molecule has 3 saturated heterocycles. The summed E-state index contributed by atoms with van der Waals surface area (Å²) < 4.78 is 77.6. The lowest BCUT2D eigenvalue weighted by Gasteiger charge is -2.41. The fraction of sp³-hybridized carbons (Fsp3) is 0.487. The predicted molar refractivity (Wildman–Crippen MR) is 402 cm³/mol. The van der Waals surface area contributed by atoms with Crippen molar-refractivity contribution in [3.8, 4) is 10.4 Å². The summed E-state index contributed by atoms with van der Waals surface area (Å²) in [5.41, 5.74) is 3.48. The van der Waals surface area contributed by atoms with E-state index in [1.165, 1.54) is 39.9 Å². The van der Waals surface area contributed by atoms with Crippen LogP contribution in [0.1, 0.15) is 119 Å². The molecule has 102 heavy (non-hydrogen) atoms. The number of nitrogens with one attached hydrogen (secondary N) is 5. The zero-order valence-corrected chi connectivity index (χ0v) is 62.8. The summed E-state index contributed by atoms with van der Waals surface area (Å²) >= 11 is 10.2. The highest BCUT2D eigenvalue weighted by Crippen LogP contribution is 2.44. The summed E-state index contributed by atoms with van der Waals surface area (Å²) in [6.45, 7) is 18.8. The summed E-state index contributed by atoms with van der Waals surface area (Å²) in [6, 6.07) is 34.8. The largest absolute Gasteiger partial charge is 0.501 e. The number of hydrogen-bond acceptors (Lipinski definition) is 17. The highest BCUT2D eigenvalue weighted by atomic mass is 35.5. The molecule has 550 valence electrons. The number of amides is 4. The van der Waals surface area contributed by atoms with Gasteiger partial charge in [0.2, 0.25) is 17.7 Å². The maximum absolute atomic E-state index is 14.3. The number of ether oxygens (including phenoxy) is 1. The average Bonchev–Trinajstić information content (AvgIpc) is 1.09. The number of aryl methyl sites for hydroxylation is 1. The summed E-state index contributed by atoms with van der Waals surface area (Å²) in [6.07, 6.45) is 6.16. The number of morpholine rings is 1. The van der Waals surface area contributed by atoms with Crippen LogP contribution in [0.25, 0.3) is 16.0 Å². The minimum absolute atomic E-state index is 0.0288. The van der Waals surface area contributed by atoms with Gasteiger partial charge in [0.15, 0.2) is 0 Å². The number of hydrogen-bond donors (Lipinski definition) is 6. The molecule has 4 amide bonds. The second-order valence-electron chi connectivity index (χ2n) is 28.5. The standard InChI is InChI=1S/C76H96ClF3N10O8S4/c1-52-69(100-51-84-52)55-18-16-53(17-19-55)46-82-72(94)66-43-61(91)48-90(66)73(95)70(74(2,3)4)81-33-12-7-6-11-15-68(92)83-50-75(5)32-30-64(54-20-24-58(77)25-21-54)57(45-75)47-88-35-37-89(38-36-88)60-26-22-56(23-27-60)71(93)86-101-63-28-29-65(67(44-63)102(96,97)76(78,79)80)85-59(31-34-87-39-41-98-42-40-87)49-99-62-13-9-8-10-14-62/h8-10,13-14,16-29,44,51,59,61,66,70,81,85,91H,6-7,11-12,15,30-43,45-50H2,1-5H3,(H,82,94)(H,83,92)(H,86,93)/t59-,61-,66+,70?,75?/m1/s1. The number of unbranched alkanes of at least 4 members (excludes halogenated alkanes) is 3. The number of alkyl halides is 3. The number of rotatable bonds is 31. The van der Waals surface area contributed by atoms with Gasteiger partial charge < -0.3 is 40.9 Å². The molecule has 5 aromatic carbocycles. The Hall–Kier alpha value is -6.52. The first-order chi connectivity index (χ1) is 48.8. The molecule has 1 aliphatic carbocycles. The number of β-amino-alcohol motifs (C(OH)–C–C–N with tert-alkyl or cyclic N) is 1. The number of anilines is 2. The zero-order chi connectivity index (χ0) is 72.6. The van der Waals surface area contributed by atoms with Crippen molar-refractivity contribution in [2.24, 2.45) is 10.8 Å². The van der Waals surface area contributed by atoms with E-state index in [1.807, 2.05) is 112 Å². The van der Waals surface area contributed by atoms with Crippen molar-refractivity contribution >= 4 is 97.1 Å². The van der Waals surface area contributed by atoms with E-state index in [2.05, 4.69) is 64.7 Å². The van der Waals surface area contributed by atoms with Crippen LogP contribution in [-0.2, 0) is 35.5 Å². The highest BCUT2D eigenvalue weighted by molar-refractivity contribution is 7.99. The first-order valence-corrected chi connectivity index (χ1v) is 39.8. The number of thiazole rings is 1. The third-order valence-electron chi connectivity index (χ3n) is 19.6. The fourth-order valence-corrected chi connectivity index (χ4v) is 17.3. The van der Waals surface area contributed by atoms with Crippen LogP contribution in [-0.4, -0.2) is 178 Å². The van der Waals surface area contributed by atoms with Crippen LogP contribution in [0.15, 0.2) is 147 Å². The first-order valence-electron chi connectivity index (χ1n) is 35.3. The Bertz CT molecular complexity index is 3930. The van der Waals surface area contributed by atoms with Gasteiger partial charge in [0, 0.05) is 123 Å². The third-order valence-corrected chi connectivity index (χ3v) is 24.3. The lowest BCUT2D eigenvalue weighted by Crippen LogP contribution is -2.56. The van der Waals surface area contributed by atoms with E-state index < -0.39 is 49.8 Å². The molecule has 3 aliphatic heterocycles. The molecule has 5 atom stereocenters. The Morgan fingerprint density at radius 2 is 1.54 bits per heavy atom. The quantitative estimate of drug-likeness (QED) is 0.0135. The molecule has 0 saturated carbocycles. The Balaban J connectivity index is 0.665. The van der Waals surface area contributed by atoms with Gasteiger partial charge in [-0.3, -0.25) is 33.7 Å². The minimum Gasteiger partial charge on any atom is -0.391 e. The summed E-state index contributed by atoms with van der Waals surface area (Å²) in [7, 11) is -5.81. The van der Waals surface area contributed by atoms with E-state index >= 15 is 0 Å². The third kappa shape index (κ3) is 21.6. The van der Waals surface area contributed by atoms with Crippen molar-refractivity contribution in [1.82, 2.24) is 40.4 Å². The van der Waals surface area contributed by atoms with E-state index in [9.17, 15) is 45.9 Å². The maximum atomic E-state index is 14.3. The number of likely N-dealkylation sites (tertiary alicyclic amines) is 1. The van der Waals surface area contributed by atoms with Crippen LogP contribution in [0.4, 0.5) is 24.5 Å². The van der Waals surface area contributed by atoms with Gasteiger partial charge in [-0.05, 0) is 164 Å². The number of sulfone groups is 1. The molecule has 26 heteroatoms. The monoisotopic (exact) mass is 1500 g/mol. The minimum atomic E-state index is -5.81. The number of allylic oxidation sites excluding steroid dienone is 1. The van der Waals surface area contributed by atoms with Gasteiger partial charge in [0.1, 0.15) is 10.9 Å². The number of halogens is 4. The molecule has 1 aromatic heterocycles. The smallest absolute Gasteiger partial charge is 0.391 e. The number of thioether (sulfide) groups is 1. The van der Waals surface area contributed by atoms with Gasteiger partial charge in [-0.1, -0.05) is 112 Å². The van der Waals surface area contributed by atoms with Crippen LogP contribution in [0.5, 0.6) is 0 Å². The SMILES string of the molecule is Cc1ncsc1-c1ccc(CNC(=O)[C@@H]2C[C@@H](O)CN2C(=O)C(NCCCCCCC(=O)NCC2(C)CCC(c3ccc(Cl)cc3)=C(CN3CCN(c4ccc(C(=O)NSc5ccc(N[C@H](CCN6CCOCC6)CSc6ccccc6)c(S(=O)(=O)C(F)(F)F)c5)cc4)CC3)C2)C(C)(C)C)cc1. The Kier molecular flexibility index (Phi) is 27.5. The lowest BCUT2D eigenvalue weighted by atomic mass is 9.71. The van der Waals surface area contributed by atoms with Crippen molar-refractivity contribution < 1.29 is 50.6 Å². The molecule has 0 bridgehead atoms. The van der Waals surface area contributed by atoms with E-state index in [0.29, 0.717) is 68.6 Å². The number of aromatic nitrogens is 1. The second-order valence-corrected chi connectivity index (χ2v) is 33.7. The number of carbonyl (C=O) groups excluding carboxylic acids is 4. The first kappa shape index (κ1) is 78.1. The van der Waals surface area contributed by atoms with Crippen LogP contribution in [0.2, 0.25) is 5.02 Å². The molecule has 0 radical (unpaired) electrons. The number of carbonyl (C=O) groups is 4. The van der Waals surface area contributed by atoms with Gasteiger partial charge in [-0.15, -0.1) is 23.1 Å². The van der Waals surface area contributed by atoms with Gasteiger partial charge in [-0.2, -0.15) is 13.2 Å². The molecule has 2 unspecified atom stereocenters. The fourth-order valence-electron chi connectivity index (χ4n) is 13.7. The Labute approximate surface area is 616 Å². The van der Waals surface area contributed by atoms with E-state index in [4.69, 9.17) is 16.3 Å². The second kappa shape index (κ2) is 36.0. The molecular weight excluding hydrogens is 1400 g/mol. The van der Waals surface area contributed by atoms with Crippen molar-refractivity contribution in [1.29, 1.82) is 0 Å². The Morgan fingerprint density at radius 3 is 2.23 bits per heavy atom. The molecule has 4 heterocycles. The number of nitrogens with zero attached hydrogens (tertiary/aromatic N) is 5. The van der Waals surface area contributed by atoms with Crippen molar-refractivity contribution in [2.45, 2.75) is 150 Å². The van der Waals surface area contributed by atoms with Crippen LogP contribution < -0.4 is 30.9 Å². The van der Waals surface area contributed by atoms with E-state index in [-0.39, 0.29) is 52.7 Å². The Morgan fingerprint density at radius 1 is 0.833 bits per heavy atom. The van der Waals surface area contributed by atoms with Gasteiger partial charge >= 0.3 is 5.51 Å². The molecule has 18 nitrogen and oxygen atoms in total. The zero-order valence-electron chi connectivity index (χ0n) is 58.8.